The first-order valence-electron chi connectivity index (χ1n) is 6.73. The van der Waals surface area contributed by atoms with Crippen LogP contribution in [0.1, 0.15) is 37.7 Å². The van der Waals surface area contributed by atoms with Crippen molar-refractivity contribution >= 4 is 11.7 Å². The quantitative estimate of drug-likeness (QED) is 0.752. The van der Waals surface area contributed by atoms with Crippen LogP contribution in [0.25, 0.3) is 0 Å². The topological polar surface area (TPSA) is 88.5 Å². The average molecular weight is 269 g/mol. The Morgan fingerprint density at radius 3 is 2.32 bits per heavy atom. The van der Waals surface area contributed by atoms with Crippen molar-refractivity contribution in [1.29, 1.82) is 0 Å². The van der Waals surface area contributed by atoms with Crippen molar-refractivity contribution in [3.05, 3.63) is 5.69 Å². The lowest BCUT2D eigenvalue weighted by Crippen LogP contribution is -2.34. The summed E-state index contributed by atoms with van der Waals surface area (Å²) in [6.45, 7) is 10.5. The molecule has 1 amide bonds. The van der Waals surface area contributed by atoms with E-state index in [0.717, 1.165) is 26.1 Å². The summed E-state index contributed by atoms with van der Waals surface area (Å²) in [6.07, 6.45) is 0.923. The molecule has 0 aliphatic carbocycles. The lowest BCUT2D eigenvalue weighted by Gasteiger charge is -2.22. The van der Waals surface area contributed by atoms with Crippen molar-refractivity contribution in [3.63, 3.8) is 0 Å². The third kappa shape index (κ3) is 4.20. The summed E-state index contributed by atoms with van der Waals surface area (Å²) in [5, 5.41) is 6.97. The van der Waals surface area contributed by atoms with Crippen LogP contribution in [0.5, 0.6) is 0 Å². The van der Waals surface area contributed by atoms with Crippen LogP contribution in [0.4, 0.5) is 5.82 Å². The first kappa shape index (κ1) is 15.4. The molecular weight excluding hydrogens is 246 g/mol. The molecule has 7 nitrogen and oxygen atoms in total. The normalized spacial score (nSPS) is 10.9. The maximum atomic E-state index is 12.1. The number of carbonyl (C=O) groups is 1. The molecule has 2 N–H and O–H groups in total. The second-order valence-electron chi connectivity index (χ2n) is 4.26. The summed E-state index contributed by atoms with van der Waals surface area (Å²) in [7, 11) is 0. The molecule has 7 heteroatoms. The first-order chi connectivity index (χ1) is 9.13. The standard InChI is InChI=1S/C12H23N5O2/c1-4-16(5-2)8-7-9-17(6-3)12(18)10-11(13)15-19-14-10/h4-9H2,1-3H3,(H2,13,15). The monoisotopic (exact) mass is 269 g/mol. The van der Waals surface area contributed by atoms with Gasteiger partial charge in [-0.25, -0.2) is 4.63 Å². The van der Waals surface area contributed by atoms with Gasteiger partial charge in [-0.05, 0) is 43.3 Å². The van der Waals surface area contributed by atoms with Gasteiger partial charge in [-0.1, -0.05) is 13.8 Å². The van der Waals surface area contributed by atoms with E-state index in [9.17, 15) is 4.79 Å². The van der Waals surface area contributed by atoms with E-state index < -0.39 is 0 Å². The Morgan fingerprint density at radius 1 is 1.16 bits per heavy atom. The minimum atomic E-state index is -0.221. The lowest BCUT2D eigenvalue weighted by atomic mass is 10.3. The summed E-state index contributed by atoms with van der Waals surface area (Å²) in [6, 6.07) is 0. The molecule has 1 aromatic rings. The molecule has 19 heavy (non-hydrogen) atoms. The molecule has 0 aliphatic rings. The van der Waals surface area contributed by atoms with E-state index in [1.54, 1.807) is 4.90 Å². The van der Waals surface area contributed by atoms with Crippen LogP contribution in [0.2, 0.25) is 0 Å². The van der Waals surface area contributed by atoms with E-state index in [2.05, 4.69) is 33.7 Å². The Balaban J connectivity index is 2.50. The van der Waals surface area contributed by atoms with Crippen molar-refractivity contribution in [3.8, 4) is 0 Å². The molecule has 0 spiro atoms. The number of nitrogens with zero attached hydrogens (tertiary/aromatic N) is 4. The fraction of sp³-hybridized carbons (Fsp3) is 0.750. The van der Waals surface area contributed by atoms with E-state index in [0.29, 0.717) is 13.1 Å². The van der Waals surface area contributed by atoms with E-state index >= 15 is 0 Å². The van der Waals surface area contributed by atoms with Gasteiger partial charge in [-0.3, -0.25) is 4.79 Å². The number of hydrogen-bond acceptors (Lipinski definition) is 6. The Kier molecular flexibility index (Phi) is 6.27. The second-order valence-corrected chi connectivity index (χ2v) is 4.26. The number of hydrogen-bond donors (Lipinski definition) is 1. The highest BCUT2D eigenvalue weighted by Gasteiger charge is 2.21. The van der Waals surface area contributed by atoms with Crippen LogP contribution in [0.3, 0.4) is 0 Å². The molecule has 0 atom stereocenters. The third-order valence-corrected chi connectivity index (χ3v) is 3.18. The van der Waals surface area contributed by atoms with Crippen LogP contribution in [-0.2, 0) is 0 Å². The van der Waals surface area contributed by atoms with Crippen molar-refractivity contribution in [2.24, 2.45) is 0 Å². The molecule has 1 heterocycles. The van der Waals surface area contributed by atoms with Gasteiger partial charge in [0.15, 0.2) is 0 Å². The van der Waals surface area contributed by atoms with Gasteiger partial charge in [-0.15, -0.1) is 0 Å². The van der Waals surface area contributed by atoms with Crippen LogP contribution in [0.15, 0.2) is 4.63 Å². The van der Waals surface area contributed by atoms with Crippen molar-refractivity contribution < 1.29 is 9.42 Å². The van der Waals surface area contributed by atoms with E-state index in [4.69, 9.17) is 5.73 Å². The number of rotatable bonds is 8. The van der Waals surface area contributed by atoms with Gasteiger partial charge in [-0.2, -0.15) is 0 Å². The summed E-state index contributed by atoms with van der Waals surface area (Å²) in [5.74, 6) is -0.173. The van der Waals surface area contributed by atoms with Gasteiger partial charge in [0.25, 0.3) is 5.91 Å². The average Bonchev–Trinajstić information content (AvgIpc) is 2.85. The molecular formula is C12H23N5O2. The number of nitrogen functional groups attached to an aromatic ring is 1. The maximum Gasteiger partial charge on any atom is 0.280 e. The number of amides is 1. The smallest absolute Gasteiger partial charge is 0.280 e. The zero-order chi connectivity index (χ0) is 14.3. The van der Waals surface area contributed by atoms with Crippen molar-refractivity contribution in [2.45, 2.75) is 27.2 Å². The number of nitrogens with two attached hydrogens (primary N) is 1. The molecule has 0 saturated carbocycles. The number of aromatic nitrogens is 2. The van der Waals surface area contributed by atoms with Crippen LogP contribution >= 0.6 is 0 Å². The van der Waals surface area contributed by atoms with Crippen LogP contribution in [-0.4, -0.2) is 58.7 Å². The highest BCUT2D eigenvalue weighted by Crippen LogP contribution is 2.09. The van der Waals surface area contributed by atoms with Gasteiger partial charge >= 0.3 is 0 Å². The molecule has 0 fully saturated rings. The Hall–Kier alpha value is -1.63. The third-order valence-electron chi connectivity index (χ3n) is 3.18. The summed E-state index contributed by atoms with van der Waals surface area (Å²) in [4.78, 5) is 16.2. The summed E-state index contributed by atoms with van der Waals surface area (Å²) >= 11 is 0. The lowest BCUT2D eigenvalue weighted by molar-refractivity contribution is 0.0747. The predicted molar refractivity (Wildman–Crippen MR) is 72.7 cm³/mol. The van der Waals surface area contributed by atoms with Crippen molar-refractivity contribution in [2.75, 3.05) is 38.5 Å². The van der Waals surface area contributed by atoms with Crippen molar-refractivity contribution in [1.82, 2.24) is 20.1 Å². The number of anilines is 1. The minimum absolute atomic E-state index is 0.0483. The van der Waals surface area contributed by atoms with Gasteiger partial charge in [0.2, 0.25) is 11.5 Å². The van der Waals surface area contributed by atoms with Gasteiger partial charge in [0, 0.05) is 13.1 Å². The van der Waals surface area contributed by atoms with E-state index in [1.165, 1.54) is 0 Å². The zero-order valence-corrected chi connectivity index (χ0v) is 11.9. The van der Waals surface area contributed by atoms with Crippen LogP contribution in [0, 0.1) is 0 Å². The summed E-state index contributed by atoms with van der Waals surface area (Å²) in [5.41, 5.74) is 5.63. The SMILES string of the molecule is CCN(CC)CCCN(CC)C(=O)c1nonc1N. The zero-order valence-electron chi connectivity index (χ0n) is 11.9. The molecule has 1 rings (SSSR count). The molecule has 0 unspecified atom stereocenters. The Morgan fingerprint density at radius 2 is 1.84 bits per heavy atom. The van der Waals surface area contributed by atoms with Crippen LogP contribution < -0.4 is 5.73 Å². The van der Waals surface area contributed by atoms with E-state index in [-0.39, 0.29) is 17.4 Å². The second kappa shape index (κ2) is 7.73. The minimum Gasteiger partial charge on any atom is -0.379 e. The molecule has 1 aromatic heterocycles. The molecule has 108 valence electrons. The fourth-order valence-electron chi connectivity index (χ4n) is 1.92. The Bertz CT molecular complexity index is 389. The van der Waals surface area contributed by atoms with E-state index in [1.807, 2.05) is 6.92 Å². The summed E-state index contributed by atoms with van der Waals surface area (Å²) < 4.78 is 4.46. The fourth-order valence-corrected chi connectivity index (χ4v) is 1.92. The maximum absolute atomic E-state index is 12.1. The number of carbonyl (C=O) groups excluding carboxylic acids is 1. The highest BCUT2D eigenvalue weighted by atomic mass is 16.6. The predicted octanol–water partition coefficient (Wildman–Crippen LogP) is 0.846. The highest BCUT2D eigenvalue weighted by molar-refractivity contribution is 5.96. The van der Waals surface area contributed by atoms with Gasteiger partial charge in [0.1, 0.15) is 0 Å². The first-order valence-corrected chi connectivity index (χ1v) is 6.73. The van der Waals surface area contributed by atoms with Gasteiger partial charge < -0.3 is 15.5 Å². The molecule has 0 radical (unpaired) electrons. The largest absolute Gasteiger partial charge is 0.379 e. The molecule has 0 saturated heterocycles. The Labute approximate surface area is 113 Å². The molecule has 0 aliphatic heterocycles. The van der Waals surface area contributed by atoms with Gasteiger partial charge in [0.05, 0.1) is 0 Å². The molecule has 0 aromatic carbocycles. The molecule has 0 bridgehead atoms.